The second kappa shape index (κ2) is 15.8. The van der Waals surface area contributed by atoms with Crippen molar-refractivity contribution in [3.05, 3.63) is 211 Å². The monoisotopic (exact) mass is 864 g/mol. The van der Waals surface area contributed by atoms with E-state index in [0.717, 1.165) is 63.8 Å². The summed E-state index contributed by atoms with van der Waals surface area (Å²) in [5.74, 6) is 0. The zero-order chi connectivity index (χ0) is 45.4. The Morgan fingerprint density at radius 1 is 0.493 bits per heavy atom. The number of rotatable bonds is 7. The second-order valence-corrected chi connectivity index (χ2v) is 20.1. The van der Waals surface area contributed by atoms with Gasteiger partial charge in [-0.2, -0.15) is 0 Å². The predicted octanol–water partition coefficient (Wildman–Crippen LogP) is 15.8. The van der Waals surface area contributed by atoms with E-state index < -0.39 is 0 Å². The lowest BCUT2D eigenvalue weighted by atomic mass is 9.57. The molecule has 0 amide bonds. The number of fused-ring (bicyclic) bond motifs is 7. The number of furan rings is 1. The maximum atomic E-state index is 7.13. The molecule has 1 aliphatic carbocycles. The van der Waals surface area contributed by atoms with Crippen LogP contribution in [0.1, 0.15) is 57.2 Å². The molecule has 324 valence electrons. The highest BCUT2D eigenvalue weighted by molar-refractivity contribution is 6.74. The number of anilines is 5. The topological polar surface area (TPSA) is 28.4 Å². The first-order valence-electron chi connectivity index (χ1n) is 23.8. The van der Waals surface area contributed by atoms with Crippen LogP contribution in [0.3, 0.4) is 0 Å². The van der Waals surface area contributed by atoms with Crippen LogP contribution < -0.4 is 21.1 Å². The molecule has 2 aliphatic rings. The number of nitrogens with zero attached hydrogens (tertiary/aromatic N) is 1. The molecule has 3 nitrogen and oxygen atoms in total. The molecule has 1 aliphatic heterocycles. The van der Waals surface area contributed by atoms with Crippen molar-refractivity contribution < 1.29 is 4.42 Å². The lowest BCUT2D eigenvalue weighted by molar-refractivity contribution is 0.332. The Morgan fingerprint density at radius 2 is 1.07 bits per heavy atom. The van der Waals surface area contributed by atoms with Gasteiger partial charge in [0, 0.05) is 39.1 Å². The Morgan fingerprint density at radius 3 is 1.76 bits per heavy atom. The van der Waals surface area contributed by atoms with Gasteiger partial charge in [-0.05, 0) is 134 Å². The van der Waals surface area contributed by atoms with Gasteiger partial charge in [-0.1, -0.05) is 185 Å². The molecule has 10 aromatic rings. The molecule has 0 fully saturated rings. The number of para-hydroxylation sites is 1. The summed E-state index contributed by atoms with van der Waals surface area (Å²) in [5.41, 5.74) is 23.7. The summed E-state index contributed by atoms with van der Waals surface area (Å²) >= 11 is 0. The van der Waals surface area contributed by atoms with E-state index in [-0.39, 0.29) is 10.8 Å². The molecular weight excluding hydrogens is 812 g/mol. The van der Waals surface area contributed by atoms with Crippen molar-refractivity contribution in [2.45, 2.75) is 58.3 Å². The van der Waals surface area contributed by atoms with Crippen LogP contribution in [-0.4, -0.2) is 7.28 Å². The van der Waals surface area contributed by atoms with Gasteiger partial charge < -0.3 is 14.6 Å². The summed E-state index contributed by atoms with van der Waals surface area (Å²) in [6.45, 7) is 12.0. The van der Waals surface area contributed by atoms with Gasteiger partial charge in [-0.25, -0.2) is 0 Å². The quantitative estimate of drug-likeness (QED) is 0.162. The van der Waals surface area contributed by atoms with Gasteiger partial charge in [0.25, 0.3) is 0 Å². The number of hydrogen-bond acceptors (Lipinski definition) is 3. The molecule has 9 aromatic carbocycles. The maximum absolute atomic E-state index is 7.13. The highest BCUT2D eigenvalue weighted by Crippen LogP contribution is 2.52. The summed E-state index contributed by atoms with van der Waals surface area (Å²) in [5, 5.41) is 6.22. The van der Waals surface area contributed by atoms with Crippen molar-refractivity contribution in [1.29, 1.82) is 0 Å². The van der Waals surface area contributed by atoms with Gasteiger partial charge in [0.15, 0.2) is 12.9 Å². The zero-order valence-corrected chi connectivity index (χ0v) is 39.0. The minimum atomic E-state index is 0.0291. The van der Waals surface area contributed by atoms with Crippen LogP contribution in [0, 0.1) is 6.92 Å². The summed E-state index contributed by atoms with van der Waals surface area (Å²) in [6, 6.07) is 71.0. The molecule has 1 aromatic heterocycles. The molecule has 0 radical (unpaired) electrons. The van der Waals surface area contributed by atoms with Crippen molar-refractivity contribution in [2.24, 2.45) is 0 Å². The van der Waals surface area contributed by atoms with E-state index in [2.05, 4.69) is 239 Å². The van der Waals surface area contributed by atoms with Gasteiger partial charge >= 0.3 is 0 Å². The van der Waals surface area contributed by atoms with Gasteiger partial charge in [0.1, 0.15) is 5.58 Å². The smallest absolute Gasteiger partial charge is 0.198 e. The van der Waals surface area contributed by atoms with Crippen molar-refractivity contribution in [2.75, 3.05) is 10.2 Å². The standard InChI is InChI=1S/C63H53BN2O/c1-40-34-52-53(63(4,5)33-32-62(52,2)3)39-57(40)66-56-31-29-45(42-20-11-7-12-21-42)36-54(56)64-59-50(38-51-49-26-15-16-27-58(49)67-61(51)60(59)66)48-30-28-46(43-22-13-8-14-23-43)37-55(48)65-47-25-17-24-44(35-47)41-18-9-6-10-19-41/h6-31,34-39,64-65H,32-33H2,1-5H3. The fourth-order valence-electron chi connectivity index (χ4n) is 11.1. The Labute approximate surface area is 395 Å². The number of aryl methyl sites for hydroxylation is 1. The van der Waals surface area contributed by atoms with E-state index in [9.17, 15) is 0 Å². The first-order valence-corrected chi connectivity index (χ1v) is 23.8. The van der Waals surface area contributed by atoms with Crippen LogP contribution in [0.2, 0.25) is 0 Å². The number of hydrogen-bond donors (Lipinski definition) is 1. The Bertz CT molecular complexity index is 3530. The number of benzene rings is 9. The molecule has 0 spiro atoms. The van der Waals surface area contributed by atoms with E-state index in [1.807, 2.05) is 0 Å². The van der Waals surface area contributed by atoms with Crippen molar-refractivity contribution in [3.63, 3.8) is 0 Å². The Kier molecular flexibility index (Phi) is 9.66. The third-order valence-electron chi connectivity index (χ3n) is 14.8. The average Bonchev–Trinajstić information content (AvgIpc) is 3.74. The van der Waals surface area contributed by atoms with Crippen LogP contribution in [0.4, 0.5) is 28.4 Å². The summed E-state index contributed by atoms with van der Waals surface area (Å²) < 4.78 is 7.13. The summed E-state index contributed by atoms with van der Waals surface area (Å²) in [7, 11) is 0.732. The molecule has 0 atom stereocenters. The van der Waals surface area contributed by atoms with E-state index in [0.29, 0.717) is 0 Å². The third-order valence-corrected chi connectivity index (χ3v) is 14.8. The van der Waals surface area contributed by atoms with E-state index in [4.69, 9.17) is 4.42 Å². The van der Waals surface area contributed by atoms with E-state index >= 15 is 0 Å². The molecule has 0 saturated heterocycles. The minimum absolute atomic E-state index is 0.0291. The van der Waals surface area contributed by atoms with E-state index in [1.165, 1.54) is 78.8 Å². The Hall–Kier alpha value is -7.56. The minimum Gasteiger partial charge on any atom is -0.454 e. The van der Waals surface area contributed by atoms with Gasteiger partial charge in [-0.15, -0.1) is 0 Å². The Balaban J connectivity index is 1.15. The fraction of sp³-hybridized carbons (Fsp3) is 0.143. The van der Waals surface area contributed by atoms with Crippen molar-refractivity contribution >= 4 is 68.6 Å². The van der Waals surface area contributed by atoms with Crippen LogP contribution in [0.15, 0.2) is 199 Å². The first-order chi connectivity index (χ1) is 32.6. The largest absolute Gasteiger partial charge is 0.454 e. The molecule has 12 rings (SSSR count). The van der Waals surface area contributed by atoms with Crippen LogP contribution in [-0.2, 0) is 10.8 Å². The molecule has 1 N–H and O–H groups in total. The highest BCUT2D eigenvalue weighted by Gasteiger charge is 2.40. The summed E-state index contributed by atoms with van der Waals surface area (Å²) in [4.78, 5) is 2.57. The maximum Gasteiger partial charge on any atom is 0.198 e. The molecule has 0 bridgehead atoms. The zero-order valence-electron chi connectivity index (χ0n) is 39.0. The molecule has 0 saturated carbocycles. The number of nitrogens with one attached hydrogen (secondary N) is 1. The van der Waals surface area contributed by atoms with E-state index in [1.54, 1.807) is 0 Å². The normalized spacial score (nSPS) is 14.6. The molecular formula is C63H53BN2O. The molecule has 4 heteroatoms. The lowest BCUT2D eigenvalue weighted by Gasteiger charge is -2.43. The fourth-order valence-corrected chi connectivity index (χ4v) is 11.1. The second-order valence-electron chi connectivity index (χ2n) is 20.1. The van der Waals surface area contributed by atoms with Gasteiger partial charge in [0.2, 0.25) is 0 Å². The van der Waals surface area contributed by atoms with Crippen molar-refractivity contribution in [1.82, 2.24) is 0 Å². The predicted molar refractivity (Wildman–Crippen MR) is 286 cm³/mol. The average molecular weight is 865 g/mol. The summed E-state index contributed by atoms with van der Waals surface area (Å²) in [6.07, 6.45) is 2.31. The molecule has 67 heavy (non-hydrogen) atoms. The lowest BCUT2D eigenvalue weighted by Crippen LogP contribution is -2.41. The van der Waals surface area contributed by atoms with Gasteiger partial charge in [-0.3, -0.25) is 0 Å². The highest BCUT2D eigenvalue weighted by atomic mass is 16.3. The van der Waals surface area contributed by atoms with Crippen molar-refractivity contribution in [3.8, 4) is 44.5 Å². The van der Waals surface area contributed by atoms with Crippen LogP contribution in [0.25, 0.3) is 66.4 Å². The SMILES string of the molecule is Cc1cc2c(cc1N1c3ccc(-c4ccccc4)cc3Bc3c(-c4ccc(-c5ccccc5)cc4Nc4cccc(-c5ccccc5)c4)cc4c(oc5ccccc54)c31)C(C)(C)CCC2(C)C. The van der Waals surface area contributed by atoms with Gasteiger partial charge in [0.05, 0.1) is 5.69 Å². The molecule has 0 unspecified atom stereocenters. The first kappa shape index (κ1) is 40.9. The third kappa shape index (κ3) is 7.06. The van der Waals surface area contributed by atoms with Crippen LogP contribution in [0.5, 0.6) is 0 Å². The van der Waals surface area contributed by atoms with Crippen LogP contribution >= 0.6 is 0 Å². The molecule has 2 heterocycles.